The number of benzene rings is 2. The topological polar surface area (TPSA) is 44.8 Å². The highest BCUT2D eigenvalue weighted by molar-refractivity contribution is 6.30. The van der Waals surface area contributed by atoms with Crippen molar-refractivity contribution in [3.63, 3.8) is 0 Å². The van der Waals surface area contributed by atoms with Gasteiger partial charge in [-0.3, -0.25) is 14.6 Å². The van der Waals surface area contributed by atoms with Crippen LogP contribution in [0.2, 0.25) is 5.02 Å². The number of nitrogens with zero attached hydrogens (tertiary/aromatic N) is 2. The van der Waals surface area contributed by atoms with E-state index in [2.05, 4.69) is 34.2 Å². The monoisotopic (exact) mass is 455 g/mol. The summed E-state index contributed by atoms with van der Waals surface area (Å²) in [5.41, 5.74) is 3.35. The number of piperidine rings is 1. The molecule has 0 radical (unpaired) electrons. The van der Waals surface area contributed by atoms with Crippen LogP contribution in [-0.2, 0) is 16.1 Å². The van der Waals surface area contributed by atoms with E-state index in [0.717, 1.165) is 69.5 Å². The summed E-state index contributed by atoms with van der Waals surface area (Å²) in [6.07, 6.45) is 2.59. The fraction of sp³-hybridized carbons (Fsp3) is 0.500. The Balaban J connectivity index is 1.37. The van der Waals surface area contributed by atoms with Crippen molar-refractivity contribution in [2.75, 3.05) is 44.7 Å². The van der Waals surface area contributed by atoms with E-state index < -0.39 is 0 Å². The van der Waals surface area contributed by atoms with E-state index in [0.29, 0.717) is 18.4 Å². The zero-order chi connectivity index (χ0) is 22.3. The van der Waals surface area contributed by atoms with Crippen LogP contribution in [-0.4, -0.2) is 61.1 Å². The predicted molar refractivity (Wildman–Crippen MR) is 130 cm³/mol. The minimum Gasteiger partial charge on any atom is -0.379 e. The molecule has 2 aromatic carbocycles. The van der Waals surface area contributed by atoms with Crippen LogP contribution >= 0.6 is 11.6 Å². The third-order valence-corrected chi connectivity index (χ3v) is 6.94. The van der Waals surface area contributed by atoms with E-state index in [1.54, 1.807) is 0 Å². The zero-order valence-corrected chi connectivity index (χ0v) is 19.7. The maximum Gasteiger partial charge on any atom is 0.224 e. The van der Waals surface area contributed by atoms with Crippen molar-refractivity contribution < 1.29 is 9.53 Å². The standard InChI is InChI=1S/C26H34ClN3O2/c1-20-2-9-24(10-3-20)28-26(31)11-6-22-19-29(18-21-4-7-23(27)8-5-21)13-12-25(22)30-14-16-32-17-15-30/h2-5,7-10,22,25H,6,11-19H2,1H3,(H,28,31)/t22-,25+/m1/s1. The van der Waals surface area contributed by atoms with Gasteiger partial charge in [-0.25, -0.2) is 0 Å². The Kier molecular flexibility index (Phi) is 8.20. The lowest BCUT2D eigenvalue weighted by molar-refractivity contribution is -0.116. The molecule has 2 saturated heterocycles. The van der Waals surface area contributed by atoms with E-state index in [1.165, 1.54) is 11.1 Å². The number of carbonyl (C=O) groups excluding carboxylic acids is 1. The SMILES string of the molecule is Cc1ccc(NC(=O)CC[C@@H]2CN(Cc3ccc(Cl)cc3)CC[C@@H]2N2CCOCC2)cc1. The lowest BCUT2D eigenvalue weighted by Crippen LogP contribution is -2.53. The van der Waals surface area contributed by atoms with Gasteiger partial charge in [0.15, 0.2) is 0 Å². The molecule has 5 nitrogen and oxygen atoms in total. The summed E-state index contributed by atoms with van der Waals surface area (Å²) in [7, 11) is 0. The Bertz CT molecular complexity index is 866. The normalized spacial score (nSPS) is 22.6. The first-order chi connectivity index (χ1) is 15.6. The van der Waals surface area contributed by atoms with Crippen molar-refractivity contribution in [3.8, 4) is 0 Å². The van der Waals surface area contributed by atoms with Crippen LogP contribution in [0.5, 0.6) is 0 Å². The van der Waals surface area contributed by atoms with E-state index in [1.807, 2.05) is 36.4 Å². The van der Waals surface area contributed by atoms with Crippen molar-refractivity contribution in [3.05, 3.63) is 64.7 Å². The van der Waals surface area contributed by atoms with Crippen molar-refractivity contribution in [2.45, 2.75) is 38.8 Å². The number of morpholine rings is 1. The smallest absolute Gasteiger partial charge is 0.224 e. The van der Waals surface area contributed by atoms with Gasteiger partial charge in [0.05, 0.1) is 13.2 Å². The number of nitrogens with one attached hydrogen (secondary N) is 1. The minimum absolute atomic E-state index is 0.101. The van der Waals surface area contributed by atoms with Gasteiger partial charge in [0.1, 0.15) is 0 Å². The lowest BCUT2D eigenvalue weighted by atomic mass is 9.86. The van der Waals surface area contributed by atoms with Gasteiger partial charge in [-0.15, -0.1) is 0 Å². The summed E-state index contributed by atoms with van der Waals surface area (Å²) < 4.78 is 5.58. The Hall–Kier alpha value is -1.92. The van der Waals surface area contributed by atoms with Crippen LogP contribution in [0, 0.1) is 12.8 Å². The number of rotatable bonds is 7. The number of hydrogen-bond acceptors (Lipinski definition) is 4. The molecular formula is C26H34ClN3O2. The highest BCUT2D eigenvalue weighted by Crippen LogP contribution is 2.28. The summed E-state index contributed by atoms with van der Waals surface area (Å²) in [5, 5.41) is 3.84. The molecule has 2 aliphatic heterocycles. The second kappa shape index (κ2) is 11.3. The van der Waals surface area contributed by atoms with Crippen molar-refractivity contribution >= 4 is 23.2 Å². The summed E-state index contributed by atoms with van der Waals surface area (Å²) >= 11 is 6.05. The van der Waals surface area contributed by atoms with Crippen molar-refractivity contribution in [1.29, 1.82) is 0 Å². The molecule has 2 fully saturated rings. The number of anilines is 1. The van der Waals surface area contributed by atoms with E-state index in [-0.39, 0.29) is 5.91 Å². The first-order valence-electron chi connectivity index (χ1n) is 11.7. The molecule has 1 N–H and O–H groups in total. The molecule has 1 amide bonds. The maximum atomic E-state index is 12.7. The fourth-order valence-electron chi connectivity index (χ4n) is 4.94. The van der Waals surface area contributed by atoms with Crippen LogP contribution in [0.1, 0.15) is 30.4 Å². The van der Waals surface area contributed by atoms with Gasteiger partial charge in [-0.05, 0) is 62.1 Å². The largest absolute Gasteiger partial charge is 0.379 e. The van der Waals surface area contributed by atoms with E-state index in [4.69, 9.17) is 16.3 Å². The molecule has 2 aliphatic rings. The lowest BCUT2D eigenvalue weighted by Gasteiger charge is -2.45. The zero-order valence-electron chi connectivity index (χ0n) is 18.9. The first kappa shape index (κ1) is 23.2. The average molecular weight is 456 g/mol. The molecule has 2 heterocycles. The molecule has 6 heteroatoms. The predicted octanol–water partition coefficient (Wildman–Crippen LogP) is 4.59. The molecule has 0 aromatic heterocycles. The molecule has 32 heavy (non-hydrogen) atoms. The number of hydrogen-bond donors (Lipinski definition) is 1. The molecule has 0 bridgehead atoms. The third-order valence-electron chi connectivity index (χ3n) is 6.69. The third kappa shape index (κ3) is 6.55. The molecule has 0 aliphatic carbocycles. The minimum atomic E-state index is 0.101. The Morgan fingerprint density at radius 2 is 1.78 bits per heavy atom. The van der Waals surface area contributed by atoms with Crippen LogP contribution in [0.3, 0.4) is 0 Å². The highest BCUT2D eigenvalue weighted by atomic mass is 35.5. The molecule has 2 atom stereocenters. The first-order valence-corrected chi connectivity index (χ1v) is 12.1. The Morgan fingerprint density at radius 1 is 1.06 bits per heavy atom. The van der Waals surface area contributed by atoms with E-state index in [9.17, 15) is 4.79 Å². The highest BCUT2D eigenvalue weighted by Gasteiger charge is 2.34. The maximum absolute atomic E-state index is 12.7. The number of halogens is 1. The summed E-state index contributed by atoms with van der Waals surface area (Å²) in [6.45, 7) is 8.69. The molecule has 2 aromatic rings. The molecule has 0 unspecified atom stereocenters. The van der Waals surface area contributed by atoms with Crippen molar-refractivity contribution in [1.82, 2.24) is 9.80 Å². The number of ether oxygens (including phenoxy) is 1. The number of aryl methyl sites for hydroxylation is 1. The van der Waals surface area contributed by atoms with Crippen LogP contribution in [0.25, 0.3) is 0 Å². The van der Waals surface area contributed by atoms with Gasteiger partial charge in [0.2, 0.25) is 5.91 Å². The molecule has 172 valence electrons. The van der Waals surface area contributed by atoms with E-state index >= 15 is 0 Å². The van der Waals surface area contributed by atoms with Gasteiger partial charge in [0.25, 0.3) is 0 Å². The number of likely N-dealkylation sites (tertiary alicyclic amines) is 1. The summed E-state index contributed by atoms with van der Waals surface area (Å²) in [5.74, 6) is 0.572. The van der Waals surface area contributed by atoms with Crippen LogP contribution in [0.15, 0.2) is 48.5 Å². The summed E-state index contributed by atoms with van der Waals surface area (Å²) in [4.78, 5) is 17.8. The van der Waals surface area contributed by atoms with Gasteiger partial charge in [0, 0.05) is 49.4 Å². The number of carbonyl (C=O) groups is 1. The van der Waals surface area contributed by atoms with Crippen LogP contribution < -0.4 is 5.32 Å². The van der Waals surface area contributed by atoms with Gasteiger partial charge in [-0.2, -0.15) is 0 Å². The quantitative estimate of drug-likeness (QED) is 0.663. The summed E-state index contributed by atoms with van der Waals surface area (Å²) in [6, 6.07) is 16.7. The van der Waals surface area contributed by atoms with Gasteiger partial charge >= 0.3 is 0 Å². The molecular weight excluding hydrogens is 422 g/mol. The second-order valence-electron chi connectivity index (χ2n) is 9.08. The molecule has 4 rings (SSSR count). The Morgan fingerprint density at radius 3 is 2.50 bits per heavy atom. The second-order valence-corrected chi connectivity index (χ2v) is 9.52. The van der Waals surface area contributed by atoms with Gasteiger partial charge < -0.3 is 10.1 Å². The average Bonchev–Trinajstić information content (AvgIpc) is 2.81. The fourth-order valence-corrected chi connectivity index (χ4v) is 5.06. The molecule has 0 spiro atoms. The van der Waals surface area contributed by atoms with Crippen molar-refractivity contribution in [2.24, 2.45) is 5.92 Å². The number of amides is 1. The molecule has 0 saturated carbocycles. The van der Waals surface area contributed by atoms with Crippen LogP contribution in [0.4, 0.5) is 5.69 Å². The van der Waals surface area contributed by atoms with Gasteiger partial charge in [-0.1, -0.05) is 41.4 Å². The Labute approximate surface area is 196 Å².